The molecule has 6 nitrogen and oxygen atoms in total. The summed E-state index contributed by atoms with van der Waals surface area (Å²) in [5.41, 5.74) is 0.572. The van der Waals surface area contributed by atoms with E-state index in [4.69, 9.17) is 4.74 Å². The Hall–Kier alpha value is -2.41. The van der Waals surface area contributed by atoms with E-state index < -0.39 is 11.4 Å². The standard InChI is InChI=1S/C19H20N2O4S/c1-11-16(26-12(2)20-11)17(22)21-8-14-9-25-15-6-4-3-5-13(15)7-19(14,10-21)18(23)24/h3-6,14H,7-10H2,1-2H3,(H,23,24). The smallest absolute Gasteiger partial charge is 0.312 e. The number of carbonyl (C=O) groups is 2. The molecule has 1 saturated heterocycles. The first-order chi connectivity index (χ1) is 12.4. The summed E-state index contributed by atoms with van der Waals surface area (Å²) in [5, 5.41) is 10.9. The van der Waals surface area contributed by atoms with Crippen molar-refractivity contribution in [3.05, 3.63) is 45.4 Å². The molecule has 0 radical (unpaired) electrons. The van der Waals surface area contributed by atoms with Gasteiger partial charge >= 0.3 is 5.97 Å². The molecular formula is C19H20N2O4S. The van der Waals surface area contributed by atoms with Gasteiger partial charge in [0.25, 0.3) is 5.91 Å². The number of likely N-dealkylation sites (tertiary alicyclic amines) is 1. The van der Waals surface area contributed by atoms with E-state index in [0.717, 1.165) is 16.3 Å². The summed E-state index contributed by atoms with van der Waals surface area (Å²) in [4.78, 5) is 31.9. The molecule has 3 heterocycles. The number of amides is 1. The molecule has 26 heavy (non-hydrogen) atoms. The minimum absolute atomic E-state index is 0.130. The Labute approximate surface area is 155 Å². The van der Waals surface area contributed by atoms with Gasteiger partial charge in [0.05, 0.1) is 22.7 Å². The van der Waals surface area contributed by atoms with E-state index >= 15 is 0 Å². The van der Waals surface area contributed by atoms with Crippen molar-refractivity contribution in [3.8, 4) is 5.75 Å². The fourth-order valence-corrected chi connectivity index (χ4v) is 4.94. The van der Waals surface area contributed by atoms with Crippen molar-refractivity contribution in [3.63, 3.8) is 0 Å². The molecule has 136 valence electrons. The number of carboxylic acid groups (broad SMARTS) is 1. The average molecular weight is 372 g/mol. The first-order valence-electron chi connectivity index (χ1n) is 8.58. The quantitative estimate of drug-likeness (QED) is 0.876. The number of nitrogens with zero attached hydrogens (tertiary/aromatic N) is 2. The van der Waals surface area contributed by atoms with E-state index in [-0.39, 0.29) is 18.4 Å². The highest BCUT2D eigenvalue weighted by atomic mass is 32.1. The molecule has 2 atom stereocenters. The van der Waals surface area contributed by atoms with Crippen LogP contribution in [0.4, 0.5) is 0 Å². The first-order valence-corrected chi connectivity index (χ1v) is 9.40. The van der Waals surface area contributed by atoms with Gasteiger partial charge in [0.15, 0.2) is 0 Å². The second kappa shape index (κ2) is 6.09. The third kappa shape index (κ3) is 2.58. The second-order valence-corrected chi connectivity index (χ2v) is 8.29. The van der Waals surface area contributed by atoms with Gasteiger partial charge in [0.1, 0.15) is 10.6 Å². The molecule has 1 aromatic carbocycles. The SMILES string of the molecule is Cc1nc(C)c(C(=O)N2CC3COc4ccccc4CC3(C(=O)O)C2)s1. The Bertz CT molecular complexity index is 893. The van der Waals surface area contributed by atoms with Crippen molar-refractivity contribution < 1.29 is 19.4 Å². The molecule has 1 aromatic heterocycles. The Morgan fingerprint density at radius 3 is 2.81 bits per heavy atom. The number of aliphatic carboxylic acids is 1. The third-order valence-corrected chi connectivity index (χ3v) is 6.49. The minimum atomic E-state index is -1.02. The number of carboxylic acids is 1. The first kappa shape index (κ1) is 17.0. The van der Waals surface area contributed by atoms with Crippen LogP contribution in [-0.4, -0.2) is 46.6 Å². The fourth-order valence-electron chi connectivity index (χ4n) is 4.05. The number of aryl methyl sites for hydroxylation is 2. The Kier molecular flexibility index (Phi) is 3.99. The number of hydrogen-bond acceptors (Lipinski definition) is 5. The van der Waals surface area contributed by atoms with E-state index in [0.29, 0.717) is 30.1 Å². The van der Waals surface area contributed by atoms with Crippen LogP contribution in [0.3, 0.4) is 0 Å². The predicted octanol–water partition coefficient (Wildman–Crippen LogP) is 2.54. The van der Waals surface area contributed by atoms with Crippen LogP contribution >= 0.6 is 11.3 Å². The van der Waals surface area contributed by atoms with Gasteiger partial charge in [-0.3, -0.25) is 9.59 Å². The molecule has 0 saturated carbocycles. The molecule has 4 rings (SSSR count). The number of rotatable bonds is 2. The van der Waals surface area contributed by atoms with Gasteiger partial charge in [0.2, 0.25) is 0 Å². The highest BCUT2D eigenvalue weighted by Gasteiger charge is 2.55. The Balaban J connectivity index is 1.68. The van der Waals surface area contributed by atoms with E-state index in [9.17, 15) is 14.7 Å². The van der Waals surface area contributed by atoms with Gasteiger partial charge in [-0.2, -0.15) is 0 Å². The van der Waals surface area contributed by atoms with E-state index in [1.165, 1.54) is 11.3 Å². The summed E-state index contributed by atoms with van der Waals surface area (Å²) in [6.45, 7) is 4.56. The number of para-hydroxylation sites is 1. The average Bonchev–Trinajstić information content (AvgIpc) is 3.09. The van der Waals surface area contributed by atoms with Crippen molar-refractivity contribution in [2.75, 3.05) is 19.7 Å². The monoisotopic (exact) mass is 372 g/mol. The zero-order valence-corrected chi connectivity index (χ0v) is 15.5. The van der Waals surface area contributed by atoms with Crippen LogP contribution in [0.15, 0.2) is 24.3 Å². The molecule has 2 aromatic rings. The maximum atomic E-state index is 13.0. The zero-order chi connectivity index (χ0) is 18.5. The number of fused-ring (bicyclic) bond motifs is 2. The van der Waals surface area contributed by atoms with E-state index in [1.54, 1.807) is 4.90 Å². The lowest BCUT2D eigenvalue weighted by molar-refractivity contribution is -0.150. The molecule has 0 bridgehead atoms. The summed E-state index contributed by atoms with van der Waals surface area (Å²) in [6.07, 6.45) is 0.369. The molecule has 2 unspecified atom stereocenters. The van der Waals surface area contributed by atoms with Crippen LogP contribution in [0, 0.1) is 25.2 Å². The molecule has 1 N–H and O–H groups in total. The Morgan fingerprint density at radius 2 is 2.12 bits per heavy atom. The number of benzene rings is 1. The number of carbonyl (C=O) groups excluding carboxylic acids is 1. The van der Waals surface area contributed by atoms with Gasteiger partial charge < -0.3 is 14.7 Å². The molecule has 0 spiro atoms. The van der Waals surface area contributed by atoms with Gasteiger partial charge in [-0.05, 0) is 31.9 Å². The third-order valence-electron chi connectivity index (χ3n) is 5.42. The number of aromatic nitrogens is 1. The van der Waals surface area contributed by atoms with Crippen LogP contribution in [0.25, 0.3) is 0 Å². The van der Waals surface area contributed by atoms with Crippen molar-refractivity contribution in [1.29, 1.82) is 0 Å². The van der Waals surface area contributed by atoms with Crippen LogP contribution in [-0.2, 0) is 11.2 Å². The lowest BCUT2D eigenvalue weighted by atomic mass is 9.74. The molecule has 1 amide bonds. The number of thiazole rings is 1. The highest BCUT2D eigenvalue weighted by Crippen LogP contribution is 2.44. The molecule has 7 heteroatoms. The van der Waals surface area contributed by atoms with Crippen LogP contribution in [0.1, 0.15) is 25.9 Å². The van der Waals surface area contributed by atoms with Gasteiger partial charge in [-0.15, -0.1) is 11.3 Å². The maximum absolute atomic E-state index is 13.0. The summed E-state index contributed by atoms with van der Waals surface area (Å²) < 4.78 is 5.89. The molecule has 0 aliphatic carbocycles. The van der Waals surface area contributed by atoms with Crippen molar-refractivity contribution in [2.24, 2.45) is 11.3 Å². The van der Waals surface area contributed by atoms with Crippen molar-refractivity contribution in [1.82, 2.24) is 9.88 Å². The summed E-state index contributed by atoms with van der Waals surface area (Å²) in [6, 6.07) is 7.55. The second-order valence-electron chi connectivity index (χ2n) is 7.09. The van der Waals surface area contributed by atoms with Crippen LogP contribution in [0.5, 0.6) is 5.75 Å². The van der Waals surface area contributed by atoms with Crippen molar-refractivity contribution in [2.45, 2.75) is 20.3 Å². The van der Waals surface area contributed by atoms with Crippen LogP contribution < -0.4 is 4.74 Å². The fraction of sp³-hybridized carbons (Fsp3) is 0.421. The summed E-state index contributed by atoms with van der Waals surface area (Å²) in [7, 11) is 0. The Morgan fingerprint density at radius 1 is 1.35 bits per heavy atom. The number of hydrogen-bond donors (Lipinski definition) is 1. The largest absolute Gasteiger partial charge is 0.493 e. The van der Waals surface area contributed by atoms with Crippen LogP contribution in [0.2, 0.25) is 0 Å². The zero-order valence-electron chi connectivity index (χ0n) is 14.7. The topological polar surface area (TPSA) is 79.7 Å². The normalized spacial score (nSPS) is 24.4. The lowest BCUT2D eigenvalue weighted by Crippen LogP contribution is -2.42. The van der Waals surface area contributed by atoms with E-state index in [2.05, 4.69) is 4.98 Å². The molecule has 2 aliphatic rings. The number of ether oxygens (including phenoxy) is 1. The summed E-state index contributed by atoms with van der Waals surface area (Å²) in [5.74, 6) is -0.495. The van der Waals surface area contributed by atoms with Gasteiger partial charge in [-0.1, -0.05) is 18.2 Å². The van der Waals surface area contributed by atoms with Crippen molar-refractivity contribution >= 4 is 23.2 Å². The molecule has 2 aliphatic heterocycles. The molecular weight excluding hydrogens is 352 g/mol. The maximum Gasteiger partial charge on any atom is 0.312 e. The summed E-state index contributed by atoms with van der Waals surface area (Å²) >= 11 is 1.36. The van der Waals surface area contributed by atoms with Gasteiger partial charge in [0, 0.05) is 19.0 Å². The van der Waals surface area contributed by atoms with E-state index in [1.807, 2.05) is 38.1 Å². The highest BCUT2D eigenvalue weighted by molar-refractivity contribution is 7.13. The molecule has 1 fully saturated rings. The minimum Gasteiger partial charge on any atom is -0.493 e. The van der Waals surface area contributed by atoms with Gasteiger partial charge in [-0.25, -0.2) is 4.98 Å². The lowest BCUT2D eigenvalue weighted by Gasteiger charge is -2.27. The predicted molar refractivity (Wildman–Crippen MR) is 96.7 cm³/mol.